The number of nitrogens with two attached hydrogens (primary N) is 1. The molecule has 0 aliphatic rings. The number of thiophene rings is 1. The van der Waals surface area contributed by atoms with E-state index in [2.05, 4.69) is 4.98 Å². The van der Waals surface area contributed by atoms with Gasteiger partial charge < -0.3 is 10.2 Å². The van der Waals surface area contributed by atoms with Crippen molar-refractivity contribution in [2.75, 3.05) is 5.73 Å². The summed E-state index contributed by atoms with van der Waals surface area (Å²) in [6.07, 6.45) is 3.07. The summed E-state index contributed by atoms with van der Waals surface area (Å²) in [5.74, 6) is 0.762. The van der Waals surface area contributed by atoms with Gasteiger partial charge in [-0.2, -0.15) is 0 Å². The number of nitrogens with zero attached hydrogens (tertiary/aromatic N) is 1. The number of anilines is 1. The fourth-order valence-corrected chi connectivity index (χ4v) is 1.48. The summed E-state index contributed by atoms with van der Waals surface area (Å²) in [5, 5.41) is 2.73. The van der Waals surface area contributed by atoms with Gasteiger partial charge in [0.2, 0.25) is 0 Å². The van der Waals surface area contributed by atoms with Crippen molar-refractivity contribution in [1.29, 1.82) is 0 Å². The van der Waals surface area contributed by atoms with Crippen molar-refractivity contribution in [2.45, 2.75) is 0 Å². The molecule has 0 spiro atoms. The first-order valence-electron chi connectivity index (χ1n) is 3.09. The Morgan fingerprint density at radius 2 is 2.45 bits per heavy atom. The average molecular weight is 166 g/mol. The van der Waals surface area contributed by atoms with Gasteiger partial charge in [0.05, 0.1) is 11.2 Å². The van der Waals surface area contributed by atoms with Crippen molar-refractivity contribution < 1.29 is 4.42 Å². The number of hydrogen-bond acceptors (Lipinski definition) is 4. The third-order valence-electron chi connectivity index (χ3n) is 1.34. The number of hydrogen-bond donors (Lipinski definition) is 1. The molecule has 0 bridgehead atoms. The summed E-state index contributed by atoms with van der Waals surface area (Å²) in [7, 11) is 0. The molecular weight excluding hydrogens is 160 g/mol. The minimum Gasteiger partial charge on any atom is -0.443 e. The van der Waals surface area contributed by atoms with E-state index in [9.17, 15) is 0 Å². The van der Waals surface area contributed by atoms with Crippen molar-refractivity contribution >= 4 is 16.3 Å². The quantitative estimate of drug-likeness (QED) is 0.704. The normalized spacial score (nSPS) is 10.2. The first kappa shape index (κ1) is 6.42. The standard InChI is InChI=1S/C7H6N2OS/c8-7-1-5(3-11-7)6-2-9-4-10-6/h1-4H,8H2. The molecule has 2 aromatic rings. The molecule has 0 radical (unpaired) electrons. The van der Waals surface area contributed by atoms with Crippen LogP contribution in [0.2, 0.25) is 0 Å². The molecule has 2 rings (SSSR count). The molecule has 0 fully saturated rings. The molecular formula is C7H6N2OS. The summed E-state index contributed by atoms with van der Waals surface area (Å²) in [6, 6.07) is 1.87. The third-order valence-corrected chi connectivity index (χ3v) is 2.10. The maximum absolute atomic E-state index is 5.54. The highest BCUT2D eigenvalue weighted by molar-refractivity contribution is 7.14. The lowest BCUT2D eigenvalue weighted by Crippen LogP contribution is -1.74. The van der Waals surface area contributed by atoms with Gasteiger partial charge in [-0.25, -0.2) is 4.98 Å². The van der Waals surface area contributed by atoms with Gasteiger partial charge in [-0.05, 0) is 6.07 Å². The lowest BCUT2D eigenvalue weighted by Gasteiger charge is -1.84. The lowest BCUT2D eigenvalue weighted by atomic mass is 10.3. The summed E-state index contributed by atoms with van der Waals surface area (Å²) >= 11 is 1.49. The van der Waals surface area contributed by atoms with E-state index in [4.69, 9.17) is 10.2 Å². The third kappa shape index (κ3) is 1.12. The fraction of sp³-hybridized carbons (Fsp3) is 0. The Bertz CT molecular complexity index is 339. The Kier molecular flexibility index (Phi) is 1.40. The van der Waals surface area contributed by atoms with Gasteiger partial charge in [0.25, 0.3) is 0 Å². The second kappa shape index (κ2) is 2.39. The Morgan fingerprint density at radius 3 is 3.00 bits per heavy atom. The SMILES string of the molecule is Nc1cc(-c2cnco2)cs1. The topological polar surface area (TPSA) is 52.0 Å². The molecule has 0 aliphatic carbocycles. The fourth-order valence-electron chi connectivity index (χ4n) is 0.840. The molecule has 56 valence electrons. The second-order valence-corrected chi connectivity index (χ2v) is 3.05. The van der Waals surface area contributed by atoms with E-state index in [0.717, 1.165) is 16.3 Å². The van der Waals surface area contributed by atoms with Crippen LogP contribution >= 0.6 is 11.3 Å². The Labute approximate surface area is 67.5 Å². The zero-order chi connectivity index (χ0) is 7.68. The van der Waals surface area contributed by atoms with E-state index in [1.54, 1.807) is 6.20 Å². The van der Waals surface area contributed by atoms with Crippen LogP contribution in [-0.4, -0.2) is 4.98 Å². The van der Waals surface area contributed by atoms with Crippen molar-refractivity contribution in [1.82, 2.24) is 4.98 Å². The molecule has 0 atom stereocenters. The first-order chi connectivity index (χ1) is 5.36. The number of nitrogen functional groups attached to an aromatic ring is 1. The molecule has 0 unspecified atom stereocenters. The van der Waals surface area contributed by atoms with Gasteiger partial charge >= 0.3 is 0 Å². The molecule has 0 saturated carbocycles. The largest absolute Gasteiger partial charge is 0.443 e. The van der Waals surface area contributed by atoms with Gasteiger partial charge in [-0.1, -0.05) is 0 Å². The van der Waals surface area contributed by atoms with Crippen LogP contribution in [0.1, 0.15) is 0 Å². The Balaban J connectivity index is 2.45. The van der Waals surface area contributed by atoms with Crippen molar-refractivity contribution in [3.8, 4) is 11.3 Å². The number of oxazole rings is 1. The summed E-state index contributed by atoms with van der Waals surface area (Å²) in [6.45, 7) is 0. The highest BCUT2D eigenvalue weighted by atomic mass is 32.1. The van der Waals surface area contributed by atoms with E-state index in [1.165, 1.54) is 17.7 Å². The van der Waals surface area contributed by atoms with Gasteiger partial charge in [0.15, 0.2) is 12.2 Å². The van der Waals surface area contributed by atoms with Crippen LogP contribution in [-0.2, 0) is 0 Å². The van der Waals surface area contributed by atoms with Crippen molar-refractivity contribution in [2.24, 2.45) is 0 Å². The zero-order valence-electron chi connectivity index (χ0n) is 5.65. The maximum atomic E-state index is 5.54. The van der Waals surface area contributed by atoms with Crippen LogP contribution in [0.4, 0.5) is 5.00 Å². The molecule has 0 saturated heterocycles. The zero-order valence-corrected chi connectivity index (χ0v) is 6.47. The first-order valence-corrected chi connectivity index (χ1v) is 3.97. The van der Waals surface area contributed by atoms with Gasteiger partial charge in [0.1, 0.15) is 0 Å². The van der Waals surface area contributed by atoms with Crippen LogP contribution in [0.15, 0.2) is 28.5 Å². The number of aromatic nitrogens is 1. The van der Waals surface area contributed by atoms with E-state index in [1.807, 2.05) is 11.4 Å². The number of rotatable bonds is 1. The van der Waals surface area contributed by atoms with E-state index >= 15 is 0 Å². The van der Waals surface area contributed by atoms with E-state index in [0.29, 0.717) is 0 Å². The van der Waals surface area contributed by atoms with Crippen LogP contribution in [0.5, 0.6) is 0 Å². The average Bonchev–Trinajstić information content (AvgIpc) is 2.55. The van der Waals surface area contributed by atoms with Crippen molar-refractivity contribution in [3.63, 3.8) is 0 Å². The van der Waals surface area contributed by atoms with Crippen LogP contribution in [0.25, 0.3) is 11.3 Å². The van der Waals surface area contributed by atoms with E-state index < -0.39 is 0 Å². The summed E-state index contributed by atoms with van der Waals surface area (Å²) in [4.78, 5) is 3.80. The monoisotopic (exact) mass is 166 g/mol. The Hall–Kier alpha value is -1.29. The minimum absolute atomic E-state index is 0.762. The molecule has 11 heavy (non-hydrogen) atoms. The summed E-state index contributed by atoms with van der Waals surface area (Å²) < 4.78 is 5.07. The van der Waals surface area contributed by atoms with Gasteiger partial charge in [-0.15, -0.1) is 11.3 Å². The second-order valence-electron chi connectivity index (χ2n) is 2.10. The molecule has 2 heterocycles. The molecule has 0 amide bonds. The van der Waals surface area contributed by atoms with E-state index in [-0.39, 0.29) is 0 Å². The molecule has 2 aromatic heterocycles. The van der Waals surface area contributed by atoms with Gasteiger partial charge in [-0.3, -0.25) is 0 Å². The molecule has 3 nitrogen and oxygen atoms in total. The van der Waals surface area contributed by atoms with Crippen molar-refractivity contribution in [3.05, 3.63) is 24.0 Å². The van der Waals surface area contributed by atoms with Crippen LogP contribution in [0, 0.1) is 0 Å². The van der Waals surface area contributed by atoms with Crippen LogP contribution in [0.3, 0.4) is 0 Å². The molecule has 0 aromatic carbocycles. The maximum Gasteiger partial charge on any atom is 0.181 e. The van der Waals surface area contributed by atoms with Crippen LogP contribution < -0.4 is 5.73 Å². The lowest BCUT2D eigenvalue weighted by molar-refractivity contribution is 0.572. The summed E-state index contributed by atoms with van der Waals surface area (Å²) in [5.41, 5.74) is 6.53. The minimum atomic E-state index is 0.762. The smallest absolute Gasteiger partial charge is 0.181 e. The molecule has 2 N–H and O–H groups in total. The molecule has 0 aliphatic heterocycles. The highest BCUT2D eigenvalue weighted by Crippen LogP contribution is 2.26. The highest BCUT2D eigenvalue weighted by Gasteiger charge is 2.02. The van der Waals surface area contributed by atoms with Gasteiger partial charge in [0, 0.05) is 10.9 Å². The molecule has 4 heteroatoms. The predicted molar refractivity (Wildman–Crippen MR) is 44.2 cm³/mol. The Morgan fingerprint density at radius 1 is 1.55 bits per heavy atom. The predicted octanol–water partition coefficient (Wildman–Crippen LogP) is 1.99.